The Kier molecular flexibility index (Phi) is 18.9. The maximum Gasteiger partial charge on any atom is 0.305 e. The van der Waals surface area contributed by atoms with Crippen molar-refractivity contribution < 1.29 is 29.3 Å². The second-order valence-corrected chi connectivity index (χ2v) is 2.20. The van der Waals surface area contributed by atoms with Gasteiger partial charge in [0.2, 0.25) is 0 Å². The van der Waals surface area contributed by atoms with Crippen LogP contribution in [-0.2, 0) is 19.1 Å². The maximum atomic E-state index is 9.96. The second kappa shape index (κ2) is 14.9. The van der Waals surface area contributed by atoms with Crippen LogP contribution in [-0.4, -0.2) is 35.2 Å². The van der Waals surface area contributed by atoms with Crippen molar-refractivity contribution in [2.24, 2.45) is 0 Å². The summed E-state index contributed by atoms with van der Waals surface area (Å²) in [6, 6.07) is 0. The minimum absolute atomic E-state index is 0.157. The number of methoxy groups -OCH3 is 1. The Balaban J connectivity index is -0.000000147. The molecule has 0 radical (unpaired) electrons. The topological polar surface area (TPSA) is 101 Å². The van der Waals surface area contributed by atoms with E-state index in [9.17, 15) is 9.59 Å². The molecule has 0 aliphatic heterocycles. The van der Waals surface area contributed by atoms with E-state index in [1.54, 1.807) is 13.8 Å². The third-order valence-electron chi connectivity index (χ3n) is 0.819. The van der Waals surface area contributed by atoms with E-state index < -0.39 is 11.9 Å². The molecule has 90 valence electrons. The number of hydrogen-bond acceptors (Lipinski definition) is 4. The molecule has 0 heterocycles. The second-order valence-electron chi connectivity index (χ2n) is 2.20. The molecule has 0 fully saturated rings. The summed E-state index contributed by atoms with van der Waals surface area (Å²) in [5, 5.41) is 15.1. The standard InChI is InChI=1S/C4H8O2.C3H6O2.C2H4O2/c1-3-4(5)6-2;1-2-3(4)5;1-2(3)4/h3H2,1-2H3;2H2,1H3,(H,4,5);1H3,(H,3,4). The highest BCUT2D eigenvalue weighted by molar-refractivity contribution is 5.68. The largest absolute Gasteiger partial charge is 0.481 e. The molecular formula is C9H18O6. The molecule has 0 saturated carbocycles. The number of carbonyl (C=O) groups is 3. The van der Waals surface area contributed by atoms with Crippen LogP contribution in [0.1, 0.15) is 33.6 Å². The number of rotatable bonds is 2. The van der Waals surface area contributed by atoms with E-state index >= 15 is 0 Å². The average Bonchev–Trinajstić information content (AvgIpc) is 2.16. The van der Waals surface area contributed by atoms with Gasteiger partial charge in [-0.1, -0.05) is 13.8 Å². The van der Waals surface area contributed by atoms with E-state index in [-0.39, 0.29) is 12.4 Å². The van der Waals surface area contributed by atoms with Gasteiger partial charge in [0.15, 0.2) is 0 Å². The van der Waals surface area contributed by atoms with Crippen LogP contribution in [0, 0.1) is 0 Å². The SMILES string of the molecule is CC(=O)O.CCC(=O)O.CCC(=O)OC. The number of esters is 1. The fourth-order valence-electron chi connectivity index (χ4n) is 0.144. The van der Waals surface area contributed by atoms with E-state index in [1.165, 1.54) is 7.11 Å². The monoisotopic (exact) mass is 222 g/mol. The molecule has 0 rings (SSSR count). The van der Waals surface area contributed by atoms with Crippen LogP contribution >= 0.6 is 0 Å². The van der Waals surface area contributed by atoms with Crippen molar-refractivity contribution in [1.82, 2.24) is 0 Å². The highest BCUT2D eigenvalue weighted by atomic mass is 16.5. The van der Waals surface area contributed by atoms with E-state index in [4.69, 9.17) is 15.0 Å². The first-order chi connectivity index (χ1) is 6.81. The van der Waals surface area contributed by atoms with Gasteiger partial charge < -0.3 is 14.9 Å². The lowest BCUT2D eigenvalue weighted by Crippen LogP contribution is -1.94. The zero-order valence-electron chi connectivity index (χ0n) is 9.44. The van der Waals surface area contributed by atoms with Crippen LogP contribution in [0.3, 0.4) is 0 Å². The maximum absolute atomic E-state index is 9.96. The third kappa shape index (κ3) is 69.2. The first-order valence-corrected chi connectivity index (χ1v) is 4.29. The smallest absolute Gasteiger partial charge is 0.305 e. The first kappa shape index (κ1) is 19.1. The fraction of sp³-hybridized carbons (Fsp3) is 0.667. The lowest BCUT2D eigenvalue weighted by Gasteiger charge is -1.87. The Hall–Kier alpha value is -1.59. The Morgan fingerprint density at radius 3 is 1.33 bits per heavy atom. The van der Waals surface area contributed by atoms with Gasteiger partial charge in [0.1, 0.15) is 0 Å². The van der Waals surface area contributed by atoms with Crippen LogP contribution in [0.15, 0.2) is 0 Å². The van der Waals surface area contributed by atoms with Gasteiger partial charge in [-0.05, 0) is 0 Å². The molecule has 0 amide bonds. The molecule has 6 heteroatoms. The molecule has 0 aromatic carbocycles. The van der Waals surface area contributed by atoms with Crippen molar-refractivity contribution in [2.75, 3.05) is 7.11 Å². The summed E-state index contributed by atoms with van der Waals surface area (Å²) in [7, 11) is 1.38. The summed E-state index contributed by atoms with van der Waals surface area (Å²) in [4.78, 5) is 28.3. The van der Waals surface area contributed by atoms with Crippen LogP contribution in [0.5, 0.6) is 0 Å². The van der Waals surface area contributed by atoms with Crippen molar-refractivity contribution in [3.05, 3.63) is 0 Å². The van der Waals surface area contributed by atoms with Gasteiger partial charge in [-0.2, -0.15) is 0 Å². The lowest BCUT2D eigenvalue weighted by atomic mass is 10.5. The third-order valence-corrected chi connectivity index (χ3v) is 0.819. The van der Waals surface area contributed by atoms with Gasteiger partial charge in [0.25, 0.3) is 5.97 Å². The minimum atomic E-state index is -0.833. The van der Waals surface area contributed by atoms with Gasteiger partial charge >= 0.3 is 11.9 Å². The molecule has 0 aliphatic carbocycles. The lowest BCUT2D eigenvalue weighted by molar-refractivity contribution is -0.140. The van der Waals surface area contributed by atoms with Crippen LogP contribution in [0.4, 0.5) is 0 Å². The van der Waals surface area contributed by atoms with E-state index in [0.29, 0.717) is 6.42 Å². The molecule has 2 N–H and O–H groups in total. The van der Waals surface area contributed by atoms with Crippen LogP contribution in [0.2, 0.25) is 0 Å². The molecule has 0 aliphatic rings. The predicted molar refractivity (Wildman–Crippen MR) is 53.5 cm³/mol. The minimum Gasteiger partial charge on any atom is -0.481 e. The van der Waals surface area contributed by atoms with Gasteiger partial charge in [-0.3, -0.25) is 14.4 Å². The van der Waals surface area contributed by atoms with Crippen molar-refractivity contribution in [1.29, 1.82) is 0 Å². The number of ether oxygens (including phenoxy) is 1. The summed E-state index contributed by atoms with van der Waals surface area (Å²) in [5.41, 5.74) is 0. The normalized spacial score (nSPS) is 7.20. The summed E-state index contributed by atoms with van der Waals surface area (Å²) in [6.07, 6.45) is 0.691. The van der Waals surface area contributed by atoms with Crippen LogP contribution in [0.25, 0.3) is 0 Å². The number of aliphatic carboxylic acids is 2. The van der Waals surface area contributed by atoms with Gasteiger partial charge in [0, 0.05) is 19.8 Å². The van der Waals surface area contributed by atoms with Crippen molar-refractivity contribution in [2.45, 2.75) is 33.6 Å². The summed E-state index contributed by atoms with van der Waals surface area (Å²) >= 11 is 0. The van der Waals surface area contributed by atoms with Crippen molar-refractivity contribution in [3.8, 4) is 0 Å². The van der Waals surface area contributed by atoms with E-state index in [0.717, 1.165) is 6.92 Å². The Morgan fingerprint density at radius 1 is 1.07 bits per heavy atom. The molecule has 0 spiro atoms. The summed E-state index contributed by atoms with van der Waals surface area (Å²) < 4.78 is 4.26. The number of carboxylic acid groups (broad SMARTS) is 2. The quantitative estimate of drug-likeness (QED) is 0.679. The van der Waals surface area contributed by atoms with Gasteiger partial charge in [-0.25, -0.2) is 0 Å². The highest BCUT2D eigenvalue weighted by Crippen LogP contribution is 1.76. The number of hydrogen-bond donors (Lipinski definition) is 2. The molecule has 0 saturated heterocycles. The summed E-state index contributed by atoms with van der Waals surface area (Å²) in [5.74, 6) is -1.74. The van der Waals surface area contributed by atoms with E-state index in [2.05, 4.69) is 4.74 Å². The molecular weight excluding hydrogens is 204 g/mol. The molecule has 0 aromatic heterocycles. The zero-order valence-corrected chi connectivity index (χ0v) is 9.44. The van der Waals surface area contributed by atoms with Gasteiger partial charge in [0.05, 0.1) is 7.11 Å². The Bertz CT molecular complexity index is 177. The molecule has 15 heavy (non-hydrogen) atoms. The fourth-order valence-corrected chi connectivity index (χ4v) is 0.144. The zero-order chi connectivity index (χ0) is 12.9. The van der Waals surface area contributed by atoms with Crippen LogP contribution < -0.4 is 0 Å². The Morgan fingerprint density at radius 2 is 1.33 bits per heavy atom. The molecule has 0 unspecified atom stereocenters. The average molecular weight is 222 g/mol. The highest BCUT2D eigenvalue weighted by Gasteiger charge is 1.87. The first-order valence-electron chi connectivity index (χ1n) is 4.29. The van der Waals surface area contributed by atoms with E-state index in [1.807, 2.05) is 0 Å². The molecule has 0 bridgehead atoms. The Labute approximate surface area is 88.9 Å². The molecule has 6 nitrogen and oxygen atoms in total. The molecule has 0 atom stereocenters. The van der Waals surface area contributed by atoms with Gasteiger partial charge in [-0.15, -0.1) is 0 Å². The molecule has 0 aromatic rings. The number of carboxylic acids is 2. The van der Waals surface area contributed by atoms with Crippen molar-refractivity contribution in [3.63, 3.8) is 0 Å². The number of carbonyl (C=O) groups excluding carboxylic acids is 1. The summed E-state index contributed by atoms with van der Waals surface area (Å²) in [6.45, 7) is 4.44. The van der Waals surface area contributed by atoms with Crippen molar-refractivity contribution >= 4 is 17.9 Å². The predicted octanol–water partition coefficient (Wildman–Crippen LogP) is 1.14.